The number of likely N-dealkylation sites (N-methyl/N-ethyl adjacent to an activating group) is 1. The minimum Gasteiger partial charge on any atom is -0.357 e. The lowest BCUT2D eigenvalue weighted by Crippen LogP contribution is -2.62. The Kier molecular flexibility index (Phi) is 5.07. The Balaban J connectivity index is 1.61. The Labute approximate surface area is 143 Å². The van der Waals surface area contributed by atoms with Gasteiger partial charge in [0, 0.05) is 13.1 Å². The highest BCUT2D eigenvalue weighted by Crippen LogP contribution is 2.28. The van der Waals surface area contributed by atoms with Gasteiger partial charge in [-0.2, -0.15) is 0 Å². The minimum absolute atomic E-state index is 0.0775. The van der Waals surface area contributed by atoms with Crippen molar-refractivity contribution >= 4 is 11.9 Å². The van der Waals surface area contributed by atoms with Crippen molar-refractivity contribution < 1.29 is 9.59 Å². The number of carbonyl (C=O) groups excluding carboxylic acids is 2. The van der Waals surface area contributed by atoms with Crippen LogP contribution in [0.3, 0.4) is 0 Å². The molecule has 0 saturated heterocycles. The van der Waals surface area contributed by atoms with Crippen LogP contribution >= 0.6 is 0 Å². The Bertz CT molecular complexity index is 608. The summed E-state index contributed by atoms with van der Waals surface area (Å²) in [7, 11) is 1.64. The summed E-state index contributed by atoms with van der Waals surface area (Å²) in [6, 6.07) is 8.32. The van der Waals surface area contributed by atoms with E-state index in [-0.39, 0.29) is 18.0 Å². The number of urea groups is 1. The molecular formula is C19H27N3O2. The van der Waals surface area contributed by atoms with Crippen LogP contribution in [0.4, 0.5) is 4.79 Å². The zero-order chi connectivity index (χ0) is 17.0. The van der Waals surface area contributed by atoms with Gasteiger partial charge in [0.25, 0.3) is 0 Å². The SMILES string of the molecule is CNC(=O)C1(NC(=O)N[C@H]2CCc3ccccc3C2)CCCCC1. The van der Waals surface area contributed by atoms with Crippen LogP contribution in [0.5, 0.6) is 0 Å². The van der Waals surface area contributed by atoms with E-state index in [0.717, 1.165) is 38.5 Å². The van der Waals surface area contributed by atoms with Gasteiger partial charge in [-0.15, -0.1) is 0 Å². The highest BCUT2D eigenvalue weighted by atomic mass is 16.2. The molecule has 1 aromatic rings. The fraction of sp³-hybridized carbons (Fsp3) is 0.579. The van der Waals surface area contributed by atoms with Gasteiger partial charge in [0.2, 0.25) is 5.91 Å². The summed E-state index contributed by atoms with van der Waals surface area (Å²) in [6.45, 7) is 0. The predicted molar refractivity (Wildman–Crippen MR) is 93.8 cm³/mol. The van der Waals surface area contributed by atoms with Crippen molar-refractivity contribution in [2.75, 3.05) is 7.05 Å². The number of benzene rings is 1. The van der Waals surface area contributed by atoms with E-state index in [2.05, 4.69) is 34.1 Å². The number of aryl methyl sites for hydroxylation is 1. The Hall–Kier alpha value is -2.04. The first-order chi connectivity index (χ1) is 11.6. The Morgan fingerprint density at radius 3 is 2.50 bits per heavy atom. The highest BCUT2D eigenvalue weighted by molar-refractivity contribution is 5.91. The fourth-order valence-corrected chi connectivity index (χ4v) is 4.06. The lowest BCUT2D eigenvalue weighted by Gasteiger charge is -2.37. The molecule has 0 spiro atoms. The molecule has 3 rings (SSSR count). The molecule has 0 aliphatic heterocycles. The molecule has 130 valence electrons. The van der Waals surface area contributed by atoms with E-state index in [1.54, 1.807) is 7.05 Å². The third-order valence-electron chi connectivity index (χ3n) is 5.40. The van der Waals surface area contributed by atoms with Gasteiger partial charge in [0.05, 0.1) is 0 Å². The Morgan fingerprint density at radius 1 is 1.08 bits per heavy atom. The van der Waals surface area contributed by atoms with Gasteiger partial charge in [-0.3, -0.25) is 4.79 Å². The third-order valence-corrected chi connectivity index (χ3v) is 5.40. The van der Waals surface area contributed by atoms with Gasteiger partial charge >= 0.3 is 6.03 Å². The van der Waals surface area contributed by atoms with Crippen molar-refractivity contribution in [3.8, 4) is 0 Å². The van der Waals surface area contributed by atoms with E-state index >= 15 is 0 Å². The molecule has 2 aliphatic rings. The Morgan fingerprint density at radius 2 is 1.79 bits per heavy atom. The summed E-state index contributed by atoms with van der Waals surface area (Å²) in [6.07, 6.45) is 7.30. The van der Waals surface area contributed by atoms with Gasteiger partial charge in [-0.05, 0) is 43.2 Å². The van der Waals surface area contributed by atoms with Crippen LogP contribution in [-0.2, 0) is 17.6 Å². The molecule has 5 nitrogen and oxygen atoms in total. The van der Waals surface area contributed by atoms with Gasteiger partial charge in [-0.1, -0.05) is 43.5 Å². The average Bonchev–Trinajstić information content (AvgIpc) is 2.61. The van der Waals surface area contributed by atoms with E-state index in [1.165, 1.54) is 11.1 Å². The lowest BCUT2D eigenvalue weighted by molar-refractivity contribution is -0.128. The predicted octanol–water partition coefficient (Wildman–Crippen LogP) is 2.29. The summed E-state index contributed by atoms with van der Waals surface area (Å²) < 4.78 is 0. The molecule has 1 aromatic carbocycles. The molecule has 0 unspecified atom stereocenters. The molecule has 3 N–H and O–H groups in total. The maximum Gasteiger partial charge on any atom is 0.315 e. The monoisotopic (exact) mass is 329 g/mol. The fourth-order valence-electron chi connectivity index (χ4n) is 4.06. The first kappa shape index (κ1) is 16.8. The van der Waals surface area contributed by atoms with Crippen LogP contribution < -0.4 is 16.0 Å². The summed E-state index contributed by atoms with van der Waals surface area (Å²) in [4.78, 5) is 24.8. The topological polar surface area (TPSA) is 70.2 Å². The number of rotatable bonds is 3. The first-order valence-electron chi connectivity index (χ1n) is 9.00. The van der Waals surface area contributed by atoms with Gasteiger partial charge in [-0.25, -0.2) is 4.79 Å². The molecule has 3 amide bonds. The molecule has 0 radical (unpaired) electrons. The van der Waals surface area contributed by atoms with Crippen LogP contribution in [0.25, 0.3) is 0 Å². The van der Waals surface area contributed by atoms with Crippen molar-refractivity contribution in [3.63, 3.8) is 0 Å². The number of nitrogens with one attached hydrogen (secondary N) is 3. The zero-order valence-corrected chi connectivity index (χ0v) is 14.4. The molecule has 2 aliphatic carbocycles. The molecule has 1 fully saturated rings. The van der Waals surface area contributed by atoms with Gasteiger partial charge in [0.1, 0.15) is 5.54 Å². The third kappa shape index (κ3) is 3.55. The van der Waals surface area contributed by atoms with Crippen LogP contribution in [0.2, 0.25) is 0 Å². The van der Waals surface area contributed by atoms with E-state index in [9.17, 15) is 9.59 Å². The standard InChI is InChI=1S/C19H27N3O2/c1-20-17(23)19(11-5-2-6-12-19)22-18(24)21-16-10-9-14-7-3-4-8-15(14)13-16/h3-4,7-8,16H,2,5-6,9-13H2,1H3,(H,20,23)(H2,21,22,24)/t16-/m0/s1. The molecule has 24 heavy (non-hydrogen) atoms. The average molecular weight is 329 g/mol. The molecular weight excluding hydrogens is 302 g/mol. The first-order valence-corrected chi connectivity index (χ1v) is 9.00. The smallest absolute Gasteiger partial charge is 0.315 e. The lowest BCUT2D eigenvalue weighted by atomic mass is 9.81. The number of carbonyl (C=O) groups is 2. The maximum atomic E-state index is 12.5. The van der Waals surface area contributed by atoms with E-state index < -0.39 is 5.54 Å². The maximum absolute atomic E-state index is 12.5. The largest absolute Gasteiger partial charge is 0.357 e. The normalized spacial score (nSPS) is 22.1. The summed E-state index contributed by atoms with van der Waals surface area (Å²) in [5.41, 5.74) is 1.95. The second kappa shape index (κ2) is 7.24. The van der Waals surface area contributed by atoms with Crippen LogP contribution in [-0.4, -0.2) is 30.6 Å². The van der Waals surface area contributed by atoms with Crippen LogP contribution in [0, 0.1) is 0 Å². The summed E-state index contributed by atoms with van der Waals surface area (Å²) in [5, 5.41) is 8.79. The van der Waals surface area contributed by atoms with Crippen molar-refractivity contribution in [2.45, 2.75) is 62.9 Å². The van der Waals surface area contributed by atoms with Crippen molar-refractivity contribution in [3.05, 3.63) is 35.4 Å². The number of amides is 3. The molecule has 1 saturated carbocycles. The van der Waals surface area contributed by atoms with Crippen molar-refractivity contribution in [1.82, 2.24) is 16.0 Å². The number of fused-ring (bicyclic) bond motifs is 1. The molecule has 0 bridgehead atoms. The second-order valence-corrected chi connectivity index (χ2v) is 7.03. The van der Waals surface area contributed by atoms with E-state index in [0.29, 0.717) is 12.8 Å². The zero-order valence-electron chi connectivity index (χ0n) is 14.4. The van der Waals surface area contributed by atoms with Gasteiger partial charge in [0.15, 0.2) is 0 Å². The van der Waals surface area contributed by atoms with Crippen molar-refractivity contribution in [2.24, 2.45) is 0 Å². The minimum atomic E-state index is -0.746. The number of hydrogen-bond acceptors (Lipinski definition) is 2. The summed E-state index contributed by atoms with van der Waals surface area (Å²) >= 11 is 0. The van der Waals surface area contributed by atoms with Crippen LogP contribution in [0.15, 0.2) is 24.3 Å². The van der Waals surface area contributed by atoms with Crippen molar-refractivity contribution in [1.29, 1.82) is 0 Å². The molecule has 0 aromatic heterocycles. The van der Waals surface area contributed by atoms with Gasteiger partial charge < -0.3 is 16.0 Å². The van der Waals surface area contributed by atoms with E-state index in [1.807, 2.05) is 6.07 Å². The highest BCUT2D eigenvalue weighted by Gasteiger charge is 2.40. The molecule has 1 atom stereocenters. The van der Waals surface area contributed by atoms with E-state index in [4.69, 9.17) is 0 Å². The van der Waals surface area contributed by atoms with Crippen LogP contribution in [0.1, 0.15) is 49.7 Å². The molecule has 0 heterocycles. The number of hydrogen-bond donors (Lipinski definition) is 3. The summed E-state index contributed by atoms with van der Waals surface area (Å²) in [5.74, 6) is -0.0775. The quantitative estimate of drug-likeness (QED) is 0.796. The second-order valence-electron chi connectivity index (χ2n) is 7.03. The molecule has 5 heteroatoms.